The highest BCUT2D eigenvalue weighted by Crippen LogP contribution is 2.13. The summed E-state index contributed by atoms with van der Waals surface area (Å²) in [6, 6.07) is 13.6. The lowest BCUT2D eigenvalue weighted by molar-refractivity contribution is 0.304. The average molecular weight is 407 g/mol. The molecule has 3 heterocycles. The van der Waals surface area contributed by atoms with Crippen LogP contribution in [0, 0.1) is 5.82 Å². The molecular formula is C24H26FN3O2. The number of benzene rings is 1. The monoisotopic (exact) mass is 407 g/mol. The van der Waals surface area contributed by atoms with Gasteiger partial charge in [-0.25, -0.2) is 4.39 Å². The van der Waals surface area contributed by atoms with Crippen LogP contribution >= 0.6 is 0 Å². The first-order valence-electron chi connectivity index (χ1n) is 10.4. The van der Waals surface area contributed by atoms with E-state index in [4.69, 9.17) is 4.74 Å². The van der Waals surface area contributed by atoms with Crippen LogP contribution in [0.5, 0.6) is 5.75 Å². The molecule has 1 saturated heterocycles. The van der Waals surface area contributed by atoms with Crippen molar-refractivity contribution in [3.63, 3.8) is 0 Å². The number of rotatable bonds is 8. The van der Waals surface area contributed by atoms with Crippen molar-refractivity contribution in [2.75, 3.05) is 13.1 Å². The molecule has 1 fully saturated rings. The van der Waals surface area contributed by atoms with Gasteiger partial charge in [0.05, 0.1) is 5.69 Å². The van der Waals surface area contributed by atoms with E-state index in [1.807, 2.05) is 6.20 Å². The summed E-state index contributed by atoms with van der Waals surface area (Å²) in [5.41, 5.74) is 2.95. The van der Waals surface area contributed by atoms with Gasteiger partial charge in [-0.1, -0.05) is 18.2 Å². The number of hydrogen-bond donors (Lipinski definition) is 0. The SMILES string of the molecule is O=c1cc(OCc2ccc(F)cc2)ccn1CCc1ccc(CN2CCCC2)nc1. The minimum Gasteiger partial charge on any atom is -0.489 e. The molecule has 1 aliphatic heterocycles. The van der Waals surface area contributed by atoms with Crippen molar-refractivity contribution in [3.8, 4) is 5.75 Å². The molecule has 2 aromatic heterocycles. The van der Waals surface area contributed by atoms with Crippen LogP contribution in [0.4, 0.5) is 4.39 Å². The number of likely N-dealkylation sites (tertiary alicyclic amines) is 1. The number of pyridine rings is 2. The van der Waals surface area contributed by atoms with Crippen molar-refractivity contribution >= 4 is 0 Å². The smallest absolute Gasteiger partial charge is 0.254 e. The van der Waals surface area contributed by atoms with Gasteiger partial charge in [-0.2, -0.15) is 0 Å². The Kier molecular flexibility index (Phi) is 6.54. The zero-order valence-electron chi connectivity index (χ0n) is 17.0. The molecular weight excluding hydrogens is 381 g/mol. The highest BCUT2D eigenvalue weighted by atomic mass is 19.1. The highest BCUT2D eigenvalue weighted by Gasteiger charge is 2.12. The van der Waals surface area contributed by atoms with Crippen LogP contribution in [-0.4, -0.2) is 27.5 Å². The molecule has 0 amide bonds. The van der Waals surface area contributed by atoms with E-state index in [1.54, 1.807) is 29.0 Å². The zero-order valence-corrected chi connectivity index (χ0v) is 17.0. The Hall–Kier alpha value is -2.99. The topological polar surface area (TPSA) is 47.4 Å². The summed E-state index contributed by atoms with van der Waals surface area (Å²) in [6.45, 7) is 4.12. The molecule has 0 bridgehead atoms. The maximum Gasteiger partial charge on any atom is 0.254 e. The number of halogens is 1. The van der Waals surface area contributed by atoms with E-state index < -0.39 is 0 Å². The zero-order chi connectivity index (χ0) is 20.8. The molecule has 1 aliphatic rings. The summed E-state index contributed by atoms with van der Waals surface area (Å²) >= 11 is 0. The number of aryl methyl sites for hydroxylation is 2. The summed E-state index contributed by atoms with van der Waals surface area (Å²) in [7, 11) is 0. The van der Waals surface area contributed by atoms with E-state index in [2.05, 4.69) is 22.0 Å². The van der Waals surface area contributed by atoms with Gasteiger partial charge in [0.15, 0.2) is 0 Å². The maximum atomic E-state index is 13.0. The molecule has 4 rings (SSSR count). The van der Waals surface area contributed by atoms with Crippen molar-refractivity contribution in [3.05, 3.63) is 93.9 Å². The third kappa shape index (κ3) is 5.54. The van der Waals surface area contributed by atoms with Crippen molar-refractivity contribution in [1.29, 1.82) is 0 Å². The second-order valence-corrected chi connectivity index (χ2v) is 7.70. The van der Waals surface area contributed by atoms with E-state index in [-0.39, 0.29) is 11.4 Å². The van der Waals surface area contributed by atoms with Crippen LogP contribution in [0.3, 0.4) is 0 Å². The summed E-state index contributed by atoms with van der Waals surface area (Å²) in [5, 5.41) is 0. The fourth-order valence-corrected chi connectivity index (χ4v) is 3.63. The molecule has 0 spiro atoms. The first-order chi connectivity index (χ1) is 14.7. The Morgan fingerprint density at radius 1 is 1.00 bits per heavy atom. The number of hydrogen-bond acceptors (Lipinski definition) is 4. The lowest BCUT2D eigenvalue weighted by atomic mass is 10.2. The Labute approximate surface area is 175 Å². The molecule has 0 N–H and O–H groups in total. The van der Waals surface area contributed by atoms with Gasteiger partial charge in [-0.05, 0) is 67.7 Å². The summed E-state index contributed by atoms with van der Waals surface area (Å²) < 4.78 is 20.3. The molecule has 1 aromatic carbocycles. The quantitative estimate of drug-likeness (QED) is 0.570. The molecule has 5 nitrogen and oxygen atoms in total. The van der Waals surface area contributed by atoms with E-state index in [0.29, 0.717) is 18.9 Å². The van der Waals surface area contributed by atoms with Gasteiger partial charge < -0.3 is 9.30 Å². The predicted octanol–water partition coefficient (Wildman–Crippen LogP) is 3.80. The summed E-state index contributed by atoms with van der Waals surface area (Å²) in [4.78, 5) is 19.4. The molecule has 0 saturated carbocycles. The summed E-state index contributed by atoms with van der Waals surface area (Å²) in [5.74, 6) is 0.228. The van der Waals surface area contributed by atoms with Gasteiger partial charge in [0.2, 0.25) is 0 Å². The van der Waals surface area contributed by atoms with E-state index in [1.165, 1.54) is 31.0 Å². The Balaban J connectivity index is 1.29. The fourth-order valence-electron chi connectivity index (χ4n) is 3.63. The normalized spacial score (nSPS) is 14.2. The standard InChI is InChI=1S/C24H26FN3O2/c25-21-6-3-20(4-7-21)18-30-23-10-14-28(24(29)15-23)13-9-19-5-8-22(26-16-19)17-27-11-1-2-12-27/h3-8,10,14-16H,1-2,9,11-13,17-18H2. The van der Waals surface area contributed by atoms with Gasteiger partial charge in [0.25, 0.3) is 5.56 Å². The molecule has 0 unspecified atom stereocenters. The Morgan fingerprint density at radius 3 is 2.47 bits per heavy atom. The lowest BCUT2D eigenvalue weighted by Gasteiger charge is -2.14. The van der Waals surface area contributed by atoms with Crippen LogP contribution in [-0.2, 0) is 26.1 Å². The largest absolute Gasteiger partial charge is 0.489 e. The number of ether oxygens (including phenoxy) is 1. The number of nitrogens with zero attached hydrogens (tertiary/aromatic N) is 3. The third-order valence-electron chi connectivity index (χ3n) is 5.40. The highest BCUT2D eigenvalue weighted by molar-refractivity contribution is 5.21. The minimum absolute atomic E-state index is 0.106. The fraction of sp³-hybridized carbons (Fsp3) is 0.333. The van der Waals surface area contributed by atoms with Gasteiger partial charge in [-0.15, -0.1) is 0 Å². The van der Waals surface area contributed by atoms with Crippen molar-refractivity contribution in [2.24, 2.45) is 0 Å². The molecule has 30 heavy (non-hydrogen) atoms. The van der Waals surface area contributed by atoms with E-state index >= 15 is 0 Å². The van der Waals surface area contributed by atoms with Crippen LogP contribution in [0.15, 0.2) is 65.7 Å². The molecule has 6 heteroatoms. The van der Waals surface area contributed by atoms with Gasteiger partial charge in [-0.3, -0.25) is 14.7 Å². The van der Waals surface area contributed by atoms with E-state index in [9.17, 15) is 9.18 Å². The van der Waals surface area contributed by atoms with E-state index in [0.717, 1.165) is 42.9 Å². The molecule has 0 radical (unpaired) electrons. The molecule has 156 valence electrons. The van der Waals surface area contributed by atoms with Gasteiger partial charge in [0.1, 0.15) is 18.2 Å². The van der Waals surface area contributed by atoms with Crippen molar-refractivity contribution in [1.82, 2.24) is 14.5 Å². The van der Waals surface area contributed by atoms with Crippen molar-refractivity contribution in [2.45, 2.75) is 39.0 Å². The Bertz CT molecular complexity index is 1010. The van der Waals surface area contributed by atoms with Crippen LogP contribution in [0.1, 0.15) is 29.7 Å². The lowest BCUT2D eigenvalue weighted by Crippen LogP contribution is -2.20. The predicted molar refractivity (Wildman–Crippen MR) is 114 cm³/mol. The van der Waals surface area contributed by atoms with Crippen LogP contribution < -0.4 is 10.3 Å². The first-order valence-corrected chi connectivity index (χ1v) is 10.4. The summed E-state index contributed by atoms with van der Waals surface area (Å²) in [6.07, 6.45) is 6.96. The first kappa shape index (κ1) is 20.3. The van der Waals surface area contributed by atoms with Crippen molar-refractivity contribution < 1.29 is 9.13 Å². The second-order valence-electron chi connectivity index (χ2n) is 7.70. The Morgan fingerprint density at radius 2 is 1.77 bits per heavy atom. The van der Waals surface area contributed by atoms with Crippen LogP contribution in [0.25, 0.3) is 0 Å². The molecule has 0 atom stereocenters. The van der Waals surface area contributed by atoms with Crippen LogP contribution in [0.2, 0.25) is 0 Å². The maximum absolute atomic E-state index is 13.0. The molecule has 0 aliphatic carbocycles. The van der Waals surface area contributed by atoms with Gasteiger partial charge in [0, 0.05) is 31.5 Å². The molecule has 3 aromatic rings. The van der Waals surface area contributed by atoms with Gasteiger partial charge >= 0.3 is 0 Å². The third-order valence-corrected chi connectivity index (χ3v) is 5.40. The minimum atomic E-state index is -0.280. The average Bonchev–Trinajstić information content (AvgIpc) is 3.27. The second kappa shape index (κ2) is 9.67. The number of aromatic nitrogens is 2.